The summed E-state index contributed by atoms with van der Waals surface area (Å²) in [6.07, 6.45) is 1.03. The van der Waals surface area contributed by atoms with Crippen LogP contribution in [-0.2, 0) is 4.74 Å². The normalized spacial score (nSPS) is 23.5. The number of aromatic carboxylic acids is 1. The molecule has 0 bridgehead atoms. The summed E-state index contributed by atoms with van der Waals surface area (Å²) >= 11 is 0. The van der Waals surface area contributed by atoms with E-state index < -0.39 is 5.97 Å². The molecule has 2 aliphatic heterocycles. The van der Waals surface area contributed by atoms with Crippen LogP contribution in [0.2, 0.25) is 0 Å². The summed E-state index contributed by atoms with van der Waals surface area (Å²) < 4.78 is 5.46. The number of rotatable bonds is 5. The molecule has 0 amide bonds. The first-order valence-corrected chi connectivity index (χ1v) is 8.85. The fourth-order valence-electron chi connectivity index (χ4n) is 4.09. The summed E-state index contributed by atoms with van der Waals surface area (Å²) in [5.41, 5.74) is 1.55. The van der Waals surface area contributed by atoms with E-state index in [9.17, 15) is 9.90 Å². The van der Waals surface area contributed by atoms with Crippen molar-refractivity contribution in [3.05, 3.63) is 35.4 Å². The Labute approximate surface area is 144 Å². The summed E-state index contributed by atoms with van der Waals surface area (Å²) in [6, 6.07) is 7.45. The number of ether oxygens (including phenoxy) is 1. The van der Waals surface area contributed by atoms with E-state index in [1.807, 2.05) is 12.1 Å². The minimum atomic E-state index is -0.822. The summed E-state index contributed by atoms with van der Waals surface area (Å²) in [7, 11) is 0. The van der Waals surface area contributed by atoms with Crippen molar-refractivity contribution in [1.29, 1.82) is 0 Å². The molecule has 0 radical (unpaired) electrons. The molecule has 5 heteroatoms. The van der Waals surface area contributed by atoms with Crippen LogP contribution in [-0.4, -0.2) is 72.4 Å². The molecule has 132 valence electrons. The van der Waals surface area contributed by atoms with Crippen molar-refractivity contribution in [1.82, 2.24) is 9.80 Å². The molecule has 2 heterocycles. The third-order valence-corrected chi connectivity index (χ3v) is 5.38. The lowest BCUT2D eigenvalue weighted by Crippen LogP contribution is -2.55. The minimum absolute atomic E-state index is 0.116. The first-order valence-electron chi connectivity index (χ1n) is 8.85. The maximum atomic E-state index is 11.5. The van der Waals surface area contributed by atoms with Crippen LogP contribution >= 0.6 is 0 Å². The Bertz CT molecular complexity index is 582. The van der Waals surface area contributed by atoms with Gasteiger partial charge in [0.15, 0.2) is 0 Å². The number of likely N-dealkylation sites (tertiary alicyclic amines) is 1. The molecule has 0 saturated carbocycles. The lowest BCUT2D eigenvalue weighted by Gasteiger charge is -2.43. The molecule has 24 heavy (non-hydrogen) atoms. The lowest BCUT2D eigenvalue weighted by molar-refractivity contribution is -0.0197. The minimum Gasteiger partial charge on any atom is -0.478 e. The van der Waals surface area contributed by atoms with Crippen LogP contribution in [0.3, 0.4) is 0 Å². The van der Waals surface area contributed by atoms with E-state index in [4.69, 9.17) is 4.74 Å². The van der Waals surface area contributed by atoms with Gasteiger partial charge in [-0.05, 0) is 44.4 Å². The van der Waals surface area contributed by atoms with Gasteiger partial charge in [0.1, 0.15) is 0 Å². The Hall–Kier alpha value is -1.43. The van der Waals surface area contributed by atoms with Crippen LogP contribution in [0.1, 0.15) is 42.1 Å². The van der Waals surface area contributed by atoms with Gasteiger partial charge >= 0.3 is 5.97 Å². The molecule has 1 aromatic carbocycles. The predicted molar refractivity (Wildman–Crippen MR) is 93.7 cm³/mol. The average molecular weight is 332 g/mol. The number of carboxylic acids is 1. The molecule has 2 fully saturated rings. The number of benzene rings is 1. The zero-order chi connectivity index (χ0) is 17.2. The molecular formula is C19H28N2O3. The van der Waals surface area contributed by atoms with Crippen molar-refractivity contribution in [2.45, 2.75) is 31.7 Å². The van der Waals surface area contributed by atoms with Gasteiger partial charge in [-0.1, -0.05) is 18.2 Å². The number of nitrogens with zero attached hydrogens (tertiary/aromatic N) is 2. The zero-order valence-corrected chi connectivity index (χ0v) is 14.7. The fraction of sp³-hybridized carbons (Fsp3) is 0.632. The highest BCUT2D eigenvalue weighted by Gasteiger charge is 2.34. The van der Waals surface area contributed by atoms with E-state index in [0.29, 0.717) is 11.5 Å². The van der Waals surface area contributed by atoms with Crippen molar-refractivity contribution >= 4 is 5.97 Å². The molecule has 3 rings (SSSR count). The molecule has 2 aliphatic rings. The SMILES string of the molecule is CC(C)(CN1CC[C@@H](c2ccccc2C(=O)O)C1)N1CCOCC1. The Kier molecular flexibility index (Phi) is 5.23. The largest absolute Gasteiger partial charge is 0.478 e. The van der Waals surface area contributed by atoms with Crippen LogP contribution in [0.5, 0.6) is 0 Å². The van der Waals surface area contributed by atoms with E-state index in [1.54, 1.807) is 12.1 Å². The molecule has 1 aromatic rings. The average Bonchev–Trinajstić information content (AvgIpc) is 3.03. The van der Waals surface area contributed by atoms with Crippen molar-refractivity contribution in [3.8, 4) is 0 Å². The number of carboxylic acid groups (broad SMARTS) is 1. The number of hydrogen-bond donors (Lipinski definition) is 1. The van der Waals surface area contributed by atoms with E-state index in [-0.39, 0.29) is 5.54 Å². The maximum Gasteiger partial charge on any atom is 0.335 e. The topological polar surface area (TPSA) is 53.0 Å². The Morgan fingerprint density at radius 2 is 1.96 bits per heavy atom. The summed E-state index contributed by atoms with van der Waals surface area (Å²) in [6.45, 7) is 11.2. The van der Waals surface area contributed by atoms with E-state index >= 15 is 0 Å². The molecule has 1 N–H and O–H groups in total. The Morgan fingerprint density at radius 3 is 2.67 bits per heavy atom. The van der Waals surface area contributed by atoms with Gasteiger partial charge in [-0.25, -0.2) is 4.79 Å². The molecule has 2 saturated heterocycles. The summed E-state index contributed by atoms with van der Waals surface area (Å²) in [5.74, 6) is -0.504. The van der Waals surface area contributed by atoms with Gasteiger partial charge in [-0.3, -0.25) is 4.90 Å². The van der Waals surface area contributed by atoms with Gasteiger partial charge in [0.05, 0.1) is 18.8 Å². The third-order valence-electron chi connectivity index (χ3n) is 5.38. The highest BCUT2D eigenvalue weighted by molar-refractivity contribution is 5.89. The molecule has 1 atom stereocenters. The monoisotopic (exact) mass is 332 g/mol. The fourth-order valence-corrected chi connectivity index (χ4v) is 4.09. The molecular weight excluding hydrogens is 304 g/mol. The Morgan fingerprint density at radius 1 is 1.25 bits per heavy atom. The van der Waals surface area contributed by atoms with Gasteiger partial charge in [-0.15, -0.1) is 0 Å². The van der Waals surface area contributed by atoms with Gasteiger partial charge in [0.25, 0.3) is 0 Å². The van der Waals surface area contributed by atoms with Gasteiger partial charge in [-0.2, -0.15) is 0 Å². The predicted octanol–water partition coefficient (Wildman–Crippen LogP) is 2.28. The van der Waals surface area contributed by atoms with Gasteiger partial charge < -0.3 is 14.7 Å². The summed E-state index contributed by atoms with van der Waals surface area (Å²) in [4.78, 5) is 16.5. The van der Waals surface area contributed by atoms with Crippen molar-refractivity contribution in [2.24, 2.45) is 0 Å². The molecule has 0 aromatic heterocycles. The van der Waals surface area contributed by atoms with E-state index in [2.05, 4.69) is 23.6 Å². The van der Waals surface area contributed by atoms with Crippen LogP contribution in [0.4, 0.5) is 0 Å². The molecule has 5 nitrogen and oxygen atoms in total. The highest BCUT2D eigenvalue weighted by atomic mass is 16.5. The highest BCUT2D eigenvalue weighted by Crippen LogP contribution is 2.31. The third kappa shape index (κ3) is 3.79. The smallest absolute Gasteiger partial charge is 0.335 e. The molecule has 0 aliphatic carbocycles. The lowest BCUT2D eigenvalue weighted by atomic mass is 9.93. The quantitative estimate of drug-likeness (QED) is 0.896. The van der Waals surface area contributed by atoms with Crippen molar-refractivity contribution in [2.75, 3.05) is 45.9 Å². The number of hydrogen-bond acceptors (Lipinski definition) is 4. The van der Waals surface area contributed by atoms with Crippen LogP contribution in [0, 0.1) is 0 Å². The Balaban J connectivity index is 1.64. The second-order valence-electron chi connectivity index (χ2n) is 7.52. The van der Waals surface area contributed by atoms with Crippen molar-refractivity contribution < 1.29 is 14.6 Å². The first kappa shape index (κ1) is 17.4. The number of morpholine rings is 1. The second kappa shape index (κ2) is 7.21. The van der Waals surface area contributed by atoms with Gasteiger partial charge in [0.2, 0.25) is 0 Å². The number of carbonyl (C=O) groups is 1. The van der Waals surface area contributed by atoms with Crippen LogP contribution in [0.25, 0.3) is 0 Å². The van der Waals surface area contributed by atoms with E-state index in [1.165, 1.54) is 0 Å². The van der Waals surface area contributed by atoms with Crippen LogP contribution in [0.15, 0.2) is 24.3 Å². The maximum absolute atomic E-state index is 11.5. The molecule has 0 unspecified atom stereocenters. The van der Waals surface area contributed by atoms with E-state index in [0.717, 1.165) is 57.9 Å². The van der Waals surface area contributed by atoms with Gasteiger partial charge in [0, 0.05) is 31.7 Å². The summed E-state index contributed by atoms with van der Waals surface area (Å²) in [5, 5.41) is 9.42. The van der Waals surface area contributed by atoms with Crippen LogP contribution < -0.4 is 0 Å². The second-order valence-corrected chi connectivity index (χ2v) is 7.52. The molecule has 0 spiro atoms. The first-order chi connectivity index (χ1) is 11.5. The zero-order valence-electron chi connectivity index (χ0n) is 14.7. The van der Waals surface area contributed by atoms with Crippen molar-refractivity contribution in [3.63, 3.8) is 0 Å². The standard InChI is InChI=1S/C19H28N2O3/c1-19(2,21-9-11-24-12-10-21)14-20-8-7-15(13-20)16-5-3-4-6-17(16)18(22)23/h3-6,15H,7-14H2,1-2H3,(H,22,23)/t15-/m1/s1.